The monoisotopic (exact) mass is 447 g/mol. The van der Waals surface area contributed by atoms with E-state index in [9.17, 15) is 4.79 Å². The molecule has 0 atom stereocenters. The van der Waals surface area contributed by atoms with Crippen molar-refractivity contribution in [3.63, 3.8) is 0 Å². The SMILES string of the molecule is CCSc1nnc(C)n1NC(=S)NC(=O)c1cccc(I)c1. The zero-order valence-corrected chi connectivity index (χ0v) is 15.8. The molecular weight excluding hydrogens is 433 g/mol. The summed E-state index contributed by atoms with van der Waals surface area (Å²) in [4.78, 5) is 12.1. The lowest BCUT2D eigenvalue weighted by molar-refractivity contribution is 0.0977. The smallest absolute Gasteiger partial charge is 0.257 e. The molecule has 2 aromatic rings. The number of aromatic nitrogens is 3. The third-order valence-electron chi connectivity index (χ3n) is 2.60. The van der Waals surface area contributed by atoms with Gasteiger partial charge >= 0.3 is 0 Å². The summed E-state index contributed by atoms with van der Waals surface area (Å²) in [6.45, 7) is 3.83. The highest BCUT2D eigenvalue weighted by molar-refractivity contribution is 14.1. The summed E-state index contributed by atoms with van der Waals surface area (Å²) in [6.07, 6.45) is 0. The predicted molar refractivity (Wildman–Crippen MR) is 99.7 cm³/mol. The van der Waals surface area contributed by atoms with Crippen LogP contribution in [-0.2, 0) is 0 Å². The maximum atomic E-state index is 12.1. The second-order valence-electron chi connectivity index (χ2n) is 4.20. The number of hydrogen-bond acceptors (Lipinski definition) is 5. The largest absolute Gasteiger partial charge is 0.298 e. The molecule has 1 aromatic carbocycles. The van der Waals surface area contributed by atoms with Crippen LogP contribution in [0.1, 0.15) is 23.1 Å². The summed E-state index contributed by atoms with van der Waals surface area (Å²) in [6, 6.07) is 7.28. The zero-order chi connectivity index (χ0) is 16.1. The molecule has 0 radical (unpaired) electrons. The Morgan fingerprint density at radius 1 is 1.45 bits per heavy atom. The highest BCUT2D eigenvalue weighted by Crippen LogP contribution is 2.14. The van der Waals surface area contributed by atoms with E-state index in [1.165, 1.54) is 11.8 Å². The van der Waals surface area contributed by atoms with Gasteiger partial charge in [-0.3, -0.25) is 15.5 Å². The van der Waals surface area contributed by atoms with Gasteiger partial charge in [-0.25, -0.2) is 4.68 Å². The van der Waals surface area contributed by atoms with E-state index in [-0.39, 0.29) is 11.0 Å². The number of thiocarbonyl (C=S) groups is 1. The molecule has 0 unspecified atom stereocenters. The van der Waals surface area contributed by atoms with Crippen molar-refractivity contribution in [1.82, 2.24) is 20.2 Å². The van der Waals surface area contributed by atoms with E-state index in [2.05, 4.69) is 43.5 Å². The van der Waals surface area contributed by atoms with Gasteiger partial charge in [-0.05, 0) is 65.7 Å². The Bertz CT molecular complexity index is 703. The minimum Gasteiger partial charge on any atom is -0.298 e. The lowest BCUT2D eigenvalue weighted by Gasteiger charge is -2.12. The van der Waals surface area contributed by atoms with E-state index < -0.39 is 0 Å². The Balaban J connectivity index is 2.04. The van der Waals surface area contributed by atoms with Gasteiger partial charge in [0, 0.05) is 9.13 Å². The van der Waals surface area contributed by atoms with Crippen molar-refractivity contribution in [1.29, 1.82) is 0 Å². The lowest BCUT2D eigenvalue weighted by Crippen LogP contribution is -2.38. The Morgan fingerprint density at radius 3 is 2.91 bits per heavy atom. The highest BCUT2D eigenvalue weighted by atomic mass is 127. The van der Waals surface area contributed by atoms with Gasteiger partial charge in [-0.2, -0.15) is 0 Å². The van der Waals surface area contributed by atoms with Gasteiger partial charge in [0.05, 0.1) is 0 Å². The number of aryl methyl sites for hydroxylation is 1. The fraction of sp³-hybridized carbons (Fsp3) is 0.231. The molecule has 0 saturated heterocycles. The molecule has 116 valence electrons. The summed E-state index contributed by atoms with van der Waals surface area (Å²) in [5, 5.41) is 11.6. The van der Waals surface area contributed by atoms with Crippen molar-refractivity contribution in [2.24, 2.45) is 0 Å². The first-order valence-corrected chi connectivity index (χ1v) is 8.91. The van der Waals surface area contributed by atoms with Gasteiger partial charge in [-0.1, -0.05) is 24.8 Å². The minimum atomic E-state index is -0.258. The second-order valence-corrected chi connectivity index (χ2v) is 7.09. The Hall–Kier alpha value is -1.20. The lowest BCUT2D eigenvalue weighted by atomic mass is 10.2. The molecule has 0 aliphatic carbocycles. The van der Waals surface area contributed by atoms with E-state index in [0.717, 1.165) is 9.32 Å². The third kappa shape index (κ3) is 4.40. The summed E-state index contributed by atoms with van der Waals surface area (Å²) in [5.74, 6) is 1.27. The average molecular weight is 447 g/mol. The molecule has 6 nitrogen and oxygen atoms in total. The van der Waals surface area contributed by atoms with E-state index in [1.54, 1.807) is 16.8 Å². The number of rotatable bonds is 4. The van der Waals surface area contributed by atoms with Crippen molar-refractivity contribution < 1.29 is 4.79 Å². The Kier molecular flexibility index (Phi) is 6.15. The fourth-order valence-electron chi connectivity index (χ4n) is 1.63. The van der Waals surface area contributed by atoms with E-state index in [1.807, 2.05) is 26.0 Å². The van der Waals surface area contributed by atoms with Crippen LogP contribution in [0.3, 0.4) is 0 Å². The molecule has 1 amide bonds. The number of hydrogen-bond donors (Lipinski definition) is 2. The first kappa shape index (κ1) is 17.2. The molecule has 9 heteroatoms. The molecule has 0 saturated carbocycles. The average Bonchev–Trinajstić information content (AvgIpc) is 2.80. The van der Waals surface area contributed by atoms with Crippen molar-refractivity contribution in [2.75, 3.05) is 11.2 Å². The summed E-state index contributed by atoms with van der Waals surface area (Å²) in [7, 11) is 0. The van der Waals surface area contributed by atoms with E-state index >= 15 is 0 Å². The van der Waals surface area contributed by atoms with Gasteiger partial charge in [-0.15, -0.1) is 10.2 Å². The normalized spacial score (nSPS) is 10.3. The van der Waals surface area contributed by atoms with Gasteiger partial charge in [0.25, 0.3) is 5.91 Å². The molecule has 0 fully saturated rings. The van der Waals surface area contributed by atoms with Gasteiger partial charge < -0.3 is 0 Å². The quantitative estimate of drug-likeness (QED) is 0.427. The first-order valence-electron chi connectivity index (χ1n) is 6.44. The Labute approximate surface area is 151 Å². The molecule has 0 aliphatic rings. The van der Waals surface area contributed by atoms with Gasteiger partial charge in [0.2, 0.25) is 5.16 Å². The molecule has 0 bridgehead atoms. The highest BCUT2D eigenvalue weighted by Gasteiger charge is 2.12. The number of halogens is 1. The first-order chi connectivity index (χ1) is 10.5. The van der Waals surface area contributed by atoms with Crippen LogP contribution in [0.4, 0.5) is 0 Å². The van der Waals surface area contributed by atoms with Crippen LogP contribution >= 0.6 is 46.6 Å². The standard InChI is InChI=1S/C13H14IN5OS2/c1-3-22-13-17-16-8(2)19(13)18-12(21)15-11(20)9-5-4-6-10(14)7-9/h4-7H,3H2,1-2H3,(H2,15,18,20,21). The summed E-state index contributed by atoms with van der Waals surface area (Å²) < 4.78 is 2.64. The topological polar surface area (TPSA) is 71.8 Å². The maximum absolute atomic E-state index is 12.1. The molecule has 22 heavy (non-hydrogen) atoms. The summed E-state index contributed by atoms with van der Waals surface area (Å²) in [5.41, 5.74) is 3.48. The molecular formula is C13H14IN5OS2. The number of thioether (sulfide) groups is 1. The van der Waals surface area contributed by atoms with Crippen LogP contribution in [0.5, 0.6) is 0 Å². The van der Waals surface area contributed by atoms with Crippen molar-refractivity contribution >= 4 is 57.6 Å². The van der Waals surface area contributed by atoms with Crippen LogP contribution in [0.25, 0.3) is 0 Å². The van der Waals surface area contributed by atoms with Crippen molar-refractivity contribution in [2.45, 2.75) is 19.0 Å². The maximum Gasteiger partial charge on any atom is 0.257 e. The molecule has 1 heterocycles. The minimum absolute atomic E-state index is 0.199. The molecule has 0 spiro atoms. The molecule has 1 aromatic heterocycles. The van der Waals surface area contributed by atoms with Gasteiger partial charge in [0.15, 0.2) is 5.11 Å². The second kappa shape index (κ2) is 7.88. The van der Waals surface area contributed by atoms with Crippen LogP contribution in [0.15, 0.2) is 29.4 Å². The number of carbonyl (C=O) groups excluding carboxylic acids is 1. The number of benzene rings is 1. The molecule has 0 aliphatic heterocycles. The molecule has 2 N–H and O–H groups in total. The van der Waals surface area contributed by atoms with Crippen molar-refractivity contribution in [3.05, 3.63) is 39.2 Å². The van der Waals surface area contributed by atoms with Crippen LogP contribution in [0.2, 0.25) is 0 Å². The zero-order valence-electron chi connectivity index (χ0n) is 12.0. The van der Waals surface area contributed by atoms with Crippen molar-refractivity contribution in [3.8, 4) is 0 Å². The van der Waals surface area contributed by atoms with Crippen LogP contribution in [-0.4, -0.2) is 31.6 Å². The summed E-state index contributed by atoms with van der Waals surface area (Å²) >= 11 is 8.88. The number of amides is 1. The molecule has 2 rings (SSSR count). The fourth-order valence-corrected chi connectivity index (χ4v) is 3.02. The van der Waals surface area contributed by atoms with Gasteiger partial charge in [0.1, 0.15) is 5.82 Å². The van der Waals surface area contributed by atoms with Crippen LogP contribution < -0.4 is 10.7 Å². The van der Waals surface area contributed by atoms with E-state index in [4.69, 9.17) is 12.2 Å². The third-order valence-corrected chi connectivity index (χ3v) is 4.27. The van der Waals surface area contributed by atoms with Crippen LogP contribution in [0, 0.1) is 10.5 Å². The number of nitrogens with zero attached hydrogens (tertiary/aromatic N) is 3. The predicted octanol–water partition coefficient (Wildman–Crippen LogP) is 2.56. The van der Waals surface area contributed by atoms with E-state index in [0.29, 0.717) is 16.5 Å². The Morgan fingerprint density at radius 2 is 2.23 bits per heavy atom. The number of carbonyl (C=O) groups is 1. The number of nitrogens with one attached hydrogen (secondary N) is 2.